The molecule has 1 saturated heterocycles. The van der Waals surface area contributed by atoms with Crippen molar-refractivity contribution in [1.29, 1.82) is 5.26 Å². The van der Waals surface area contributed by atoms with Gasteiger partial charge in [-0.25, -0.2) is 8.78 Å². The van der Waals surface area contributed by atoms with Crippen molar-refractivity contribution < 1.29 is 23.1 Å². The van der Waals surface area contributed by atoms with Gasteiger partial charge in [-0.05, 0) is 30.8 Å². The number of amides is 2. The summed E-state index contributed by atoms with van der Waals surface area (Å²) in [4.78, 5) is 30.3. The Kier molecular flexibility index (Phi) is 7.88. The Morgan fingerprint density at radius 3 is 2.95 bits per heavy atom. The second-order valence-electron chi connectivity index (χ2n) is 8.66. The first-order chi connectivity index (χ1) is 17.8. The van der Waals surface area contributed by atoms with Crippen LogP contribution < -0.4 is 15.8 Å². The van der Waals surface area contributed by atoms with E-state index in [-0.39, 0.29) is 5.56 Å². The summed E-state index contributed by atoms with van der Waals surface area (Å²) in [6.45, 7) is 0.166. The second kappa shape index (κ2) is 11.3. The van der Waals surface area contributed by atoms with Gasteiger partial charge in [0, 0.05) is 43.6 Å². The van der Waals surface area contributed by atoms with Crippen molar-refractivity contribution >= 4 is 22.7 Å². The maximum Gasteiger partial charge on any atom is 0.268 e. The summed E-state index contributed by atoms with van der Waals surface area (Å²) in [5, 5.41) is 20.1. The minimum Gasteiger partial charge on any atom is -0.494 e. The summed E-state index contributed by atoms with van der Waals surface area (Å²) in [5.74, 6) is -3.91. The maximum atomic E-state index is 13.6. The van der Waals surface area contributed by atoms with E-state index in [1.54, 1.807) is 29.0 Å². The third-order valence-electron chi connectivity index (χ3n) is 5.88. The fourth-order valence-corrected chi connectivity index (χ4v) is 4.09. The van der Waals surface area contributed by atoms with Gasteiger partial charge in [0.2, 0.25) is 5.91 Å². The number of fused-ring (bicyclic) bond motifs is 1. The van der Waals surface area contributed by atoms with E-state index in [1.807, 2.05) is 6.20 Å². The molecule has 1 atom stereocenters. The molecule has 0 saturated carbocycles. The molecular formula is C24H26F2N8O3. The molecule has 1 aromatic carbocycles. The molecule has 1 unspecified atom stereocenters. The molecule has 37 heavy (non-hydrogen) atoms. The number of rotatable bonds is 10. The Hall–Kier alpha value is -4.18. The van der Waals surface area contributed by atoms with Crippen LogP contribution >= 0.6 is 0 Å². The first-order valence-corrected chi connectivity index (χ1v) is 11.8. The van der Waals surface area contributed by atoms with E-state index in [4.69, 9.17) is 15.7 Å². The second-order valence-corrected chi connectivity index (χ2v) is 8.66. The van der Waals surface area contributed by atoms with Gasteiger partial charge >= 0.3 is 0 Å². The number of hydrogen-bond acceptors (Lipinski definition) is 8. The summed E-state index contributed by atoms with van der Waals surface area (Å²) in [7, 11) is 0. The van der Waals surface area contributed by atoms with Crippen molar-refractivity contribution in [3.8, 4) is 11.8 Å². The molecule has 194 valence electrons. The zero-order valence-electron chi connectivity index (χ0n) is 19.9. The molecule has 0 aliphatic carbocycles. The number of nitrogens with zero attached hydrogens (tertiary/aromatic N) is 6. The lowest BCUT2D eigenvalue weighted by Crippen LogP contribution is -2.43. The summed E-state index contributed by atoms with van der Waals surface area (Å²) in [6, 6.07) is 7.13. The van der Waals surface area contributed by atoms with Gasteiger partial charge in [-0.2, -0.15) is 5.26 Å². The van der Waals surface area contributed by atoms with Crippen LogP contribution in [0.1, 0.15) is 28.9 Å². The van der Waals surface area contributed by atoms with Crippen molar-refractivity contribution in [2.45, 2.75) is 37.8 Å². The molecule has 11 nitrogen and oxygen atoms in total. The minimum absolute atomic E-state index is 0.252. The average Bonchev–Trinajstić information content (AvgIpc) is 3.47. The zero-order valence-corrected chi connectivity index (χ0v) is 19.9. The van der Waals surface area contributed by atoms with E-state index in [0.29, 0.717) is 49.2 Å². The third-order valence-corrected chi connectivity index (χ3v) is 5.88. The summed E-state index contributed by atoms with van der Waals surface area (Å²) >= 11 is 0. The van der Waals surface area contributed by atoms with Crippen molar-refractivity contribution in [3.63, 3.8) is 0 Å². The van der Waals surface area contributed by atoms with Crippen LogP contribution in [0.4, 0.5) is 8.78 Å². The lowest BCUT2D eigenvalue weighted by Gasteiger charge is -2.19. The Bertz CT molecular complexity index is 1320. The monoisotopic (exact) mass is 512 g/mol. The van der Waals surface area contributed by atoms with Crippen molar-refractivity contribution in [2.24, 2.45) is 5.73 Å². The zero-order chi connectivity index (χ0) is 26.4. The number of likely N-dealkylation sites (tertiary alicyclic amines) is 1. The van der Waals surface area contributed by atoms with Crippen LogP contribution in [0.5, 0.6) is 5.75 Å². The summed E-state index contributed by atoms with van der Waals surface area (Å²) in [5.41, 5.74) is 7.15. The SMILES string of the molecule is N#CC1CC(F)(F)CN1C(=O)CNC(=O)c1ccnc2ccc(OCCCn3cc(CCN)nn3)cc12. The number of carbonyl (C=O) groups excluding carboxylic acids is 2. The number of alkyl halides is 2. The molecule has 0 radical (unpaired) electrons. The molecule has 13 heteroatoms. The number of hydrogen-bond donors (Lipinski definition) is 2. The van der Waals surface area contributed by atoms with Crippen LogP contribution in [-0.2, 0) is 17.8 Å². The van der Waals surface area contributed by atoms with Crippen LogP contribution in [0.25, 0.3) is 10.9 Å². The number of nitrogens with two attached hydrogens (primary N) is 1. The molecule has 0 bridgehead atoms. The van der Waals surface area contributed by atoms with Crippen LogP contribution in [0.2, 0.25) is 0 Å². The van der Waals surface area contributed by atoms with E-state index in [9.17, 15) is 18.4 Å². The Balaban J connectivity index is 1.35. The lowest BCUT2D eigenvalue weighted by molar-refractivity contribution is -0.131. The Morgan fingerprint density at radius 2 is 2.16 bits per heavy atom. The fourth-order valence-electron chi connectivity index (χ4n) is 4.09. The first kappa shape index (κ1) is 25.9. The van der Waals surface area contributed by atoms with Crippen molar-refractivity contribution in [1.82, 2.24) is 30.2 Å². The van der Waals surface area contributed by atoms with Gasteiger partial charge in [-0.15, -0.1) is 5.10 Å². The molecule has 1 aliphatic heterocycles. The molecule has 3 aromatic rings. The molecule has 1 aliphatic rings. The van der Waals surface area contributed by atoms with Crippen LogP contribution in [0.3, 0.4) is 0 Å². The van der Waals surface area contributed by atoms with Gasteiger partial charge in [0.05, 0.1) is 42.5 Å². The lowest BCUT2D eigenvalue weighted by atomic mass is 10.1. The smallest absolute Gasteiger partial charge is 0.268 e. The quantitative estimate of drug-likeness (QED) is 0.386. The van der Waals surface area contributed by atoms with Gasteiger partial charge in [0.1, 0.15) is 11.8 Å². The number of halogens is 2. The summed E-state index contributed by atoms with van der Waals surface area (Å²) < 4.78 is 34.8. The molecule has 0 spiro atoms. The van der Waals surface area contributed by atoms with E-state index < -0.39 is 43.3 Å². The Morgan fingerprint density at radius 1 is 1.32 bits per heavy atom. The van der Waals surface area contributed by atoms with Gasteiger partial charge in [0.15, 0.2) is 0 Å². The molecule has 3 N–H and O–H groups in total. The molecule has 3 heterocycles. The number of ether oxygens (including phenoxy) is 1. The van der Waals surface area contributed by atoms with E-state index >= 15 is 0 Å². The fraction of sp³-hybridized carbons (Fsp3) is 0.417. The molecule has 1 fully saturated rings. The maximum absolute atomic E-state index is 13.6. The van der Waals surface area contributed by atoms with Crippen molar-refractivity contribution in [3.05, 3.63) is 47.9 Å². The number of carbonyl (C=O) groups is 2. The van der Waals surface area contributed by atoms with E-state index in [1.165, 1.54) is 12.3 Å². The van der Waals surface area contributed by atoms with Crippen LogP contribution in [-0.4, -0.2) is 74.9 Å². The van der Waals surface area contributed by atoms with Crippen LogP contribution in [0, 0.1) is 11.3 Å². The third kappa shape index (κ3) is 6.34. The van der Waals surface area contributed by atoms with Gasteiger partial charge < -0.3 is 20.7 Å². The largest absolute Gasteiger partial charge is 0.494 e. The van der Waals surface area contributed by atoms with Gasteiger partial charge in [-0.1, -0.05) is 5.21 Å². The molecular weight excluding hydrogens is 486 g/mol. The number of aryl methyl sites for hydroxylation is 1. The number of nitrogens with one attached hydrogen (secondary N) is 1. The van der Waals surface area contributed by atoms with Crippen molar-refractivity contribution in [2.75, 3.05) is 26.2 Å². The highest BCUT2D eigenvalue weighted by atomic mass is 19.3. The van der Waals surface area contributed by atoms with Gasteiger partial charge in [0.25, 0.3) is 11.8 Å². The number of aromatic nitrogens is 4. The topological polar surface area (TPSA) is 152 Å². The van der Waals surface area contributed by atoms with Crippen LogP contribution in [0.15, 0.2) is 36.7 Å². The minimum atomic E-state index is -3.12. The molecule has 4 rings (SSSR count). The molecule has 2 aromatic heterocycles. The Labute approximate surface area is 211 Å². The predicted molar refractivity (Wildman–Crippen MR) is 128 cm³/mol. The number of pyridine rings is 1. The normalized spacial score (nSPS) is 16.5. The number of benzene rings is 1. The summed E-state index contributed by atoms with van der Waals surface area (Å²) in [6.07, 6.45) is 3.93. The first-order valence-electron chi connectivity index (χ1n) is 11.8. The standard InChI is InChI=1S/C24H26F2N8O3/c25-24(26)11-17(12-28)34(15-24)22(35)13-30-23(36)19-5-7-29-21-3-2-18(10-20(19)21)37-9-1-8-33-14-16(4-6-27)31-32-33/h2-3,5,7,10,14,17H,1,4,6,8-9,11,13,15,27H2,(H,30,36). The highest BCUT2D eigenvalue weighted by Crippen LogP contribution is 2.31. The highest BCUT2D eigenvalue weighted by molar-refractivity contribution is 6.07. The van der Waals surface area contributed by atoms with Gasteiger partial charge in [-0.3, -0.25) is 19.3 Å². The number of nitriles is 1. The average molecular weight is 513 g/mol. The highest BCUT2D eigenvalue weighted by Gasteiger charge is 2.47. The molecule has 2 amide bonds. The predicted octanol–water partition coefficient (Wildman–Crippen LogP) is 1.29. The van der Waals surface area contributed by atoms with E-state index in [0.717, 1.165) is 10.6 Å². The van der Waals surface area contributed by atoms with E-state index in [2.05, 4.69) is 20.6 Å².